The third-order valence-electron chi connectivity index (χ3n) is 4.24. The third kappa shape index (κ3) is 3.32. The Hall–Kier alpha value is -1.02. The van der Waals surface area contributed by atoms with Crippen LogP contribution in [0.15, 0.2) is 23.1 Å². The molecule has 1 aliphatic heterocycles. The number of hydrogen-bond donors (Lipinski definition) is 1. The number of sulfonamides is 1. The molecule has 2 fully saturated rings. The lowest BCUT2D eigenvalue weighted by Gasteiger charge is -2.38. The fourth-order valence-electron chi connectivity index (χ4n) is 3.05. The number of aryl methyl sites for hydroxylation is 1. The molecule has 1 saturated heterocycles. The van der Waals surface area contributed by atoms with Crippen molar-refractivity contribution in [1.82, 2.24) is 4.72 Å². The number of nitrogens with one attached hydrogen (secondary N) is 1. The molecule has 1 N–H and O–H groups in total. The van der Waals surface area contributed by atoms with E-state index in [0.717, 1.165) is 6.42 Å². The van der Waals surface area contributed by atoms with Gasteiger partial charge in [-0.3, -0.25) is 0 Å². The van der Waals surface area contributed by atoms with Crippen molar-refractivity contribution in [2.45, 2.75) is 49.3 Å². The quantitative estimate of drug-likeness (QED) is 0.917. The smallest absolute Gasteiger partial charge is 0.240 e. The summed E-state index contributed by atoms with van der Waals surface area (Å²) in [6, 6.07) is 3.64. The predicted octanol–water partition coefficient (Wildman–Crippen LogP) is 1.75. The van der Waals surface area contributed by atoms with Crippen LogP contribution in [-0.2, 0) is 19.5 Å². The zero-order valence-corrected chi connectivity index (χ0v) is 13.2. The number of fused-ring (bicyclic) bond motifs is 1. The van der Waals surface area contributed by atoms with Gasteiger partial charge in [0, 0.05) is 6.04 Å². The summed E-state index contributed by atoms with van der Waals surface area (Å²) in [5, 5.41) is 0. The molecule has 5 nitrogen and oxygen atoms in total. The van der Waals surface area contributed by atoms with E-state index in [9.17, 15) is 12.8 Å². The van der Waals surface area contributed by atoms with Gasteiger partial charge in [-0.05, 0) is 49.9 Å². The van der Waals surface area contributed by atoms with Gasteiger partial charge in [0.25, 0.3) is 0 Å². The lowest BCUT2D eigenvalue weighted by molar-refractivity contribution is -0.156. The highest BCUT2D eigenvalue weighted by Gasteiger charge is 2.35. The molecule has 0 spiro atoms. The Morgan fingerprint density at radius 1 is 1.18 bits per heavy atom. The van der Waals surface area contributed by atoms with Crippen molar-refractivity contribution < 1.29 is 22.3 Å². The minimum absolute atomic E-state index is 0.0508. The predicted molar refractivity (Wildman–Crippen MR) is 78.6 cm³/mol. The van der Waals surface area contributed by atoms with Crippen LogP contribution in [0.4, 0.5) is 4.39 Å². The van der Waals surface area contributed by atoms with Gasteiger partial charge in [-0.25, -0.2) is 17.5 Å². The van der Waals surface area contributed by atoms with Crippen LogP contribution in [0.2, 0.25) is 0 Å². The zero-order chi connectivity index (χ0) is 15.7. The Bertz CT molecular complexity index is 649. The maximum absolute atomic E-state index is 13.3. The van der Waals surface area contributed by atoms with E-state index in [1.54, 1.807) is 6.92 Å². The van der Waals surface area contributed by atoms with Crippen molar-refractivity contribution in [3.05, 3.63) is 29.6 Å². The molecule has 1 saturated carbocycles. The monoisotopic (exact) mass is 329 g/mol. The van der Waals surface area contributed by atoms with E-state index >= 15 is 0 Å². The summed E-state index contributed by atoms with van der Waals surface area (Å²) in [6.45, 7) is 2.71. The molecule has 7 heteroatoms. The second kappa shape index (κ2) is 6.23. The Labute approximate surface area is 129 Å². The number of ether oxygens (including phenoxy) is 2. The molecule has 122 valence electrons. The van der Waals surface area contributed by atoms with E-state index in [0.29, 0.717) is 31.6 Å². The van der Waals surface area contributed by atoms with Gasteiger partial charge >= 0.3 is 0 Å². The molecule has 0 amide bonds. The van der Waals surface area contributed by atoms with E-state index < -0.39 is 15.8 Å². The highest BCUT2D eigenvalue weighted by molar-refractivity contribution is 7.89. The molecule has 1 heterocycles. The van der Waals surface area contributed by atoms with Crippen molar-refractivity contribution in [2.24, 2.45) is 0 Å². The minimum atomic E-state index is -3.65. The summed E-state index contributed by atoms with van der Waals surface area (Å²) < 4.78 is 52.1. The molecule has 1 aliphatic carbocycles. The fraction of sp³-hybridized carbons (Fsp3) is 0.600. The third-order valence-corrected chi connectivity index (χ3v) is 5.76. The molecule has 0 radical (unpaired) electrons. The van der Waals surface area contributed by atoms with Gasteiger partial charge in [-0.1, -0.05) is 0 Å². The molecule has 1 aromatic carbocycles. The van der Waals surface area contributed by atoms with E-state index in [1.807, 2.05) is 0 Å². The molecular formula is C15H20FNO4S. The van der Waals surface area contributed by atoms with Crippen molar-refractivity contribution >= 4 is 10.0 Å². The van der Waals surface area contributed by atoms with Gasteiger partial charge in [0.15, 0.2) is 0 Å². The molecule has 3 atom stereocenters. The maximum Gasteiger partial charge on any atom is 0.240 e. The van der Waals surface area contributed by atoms with Crippen LogP contribution in [-0.4, -0.2) is 39.9 Å². The van der Waals surface area contributed by atoms with E-state index in [-0.39, 0.29) is 23.1 Å². The number of halogens is 1. The molecule has 3 rings (SSSR count). The van der Waals surface area contributed by atoms with Crippen LogP contribution >= 0.6 is 0 Å². The van der Waals surface area contributed by atoms with Crippen LogP contribution in [0.25, 0.3) is 0 Å². The number of rotatable bonds is 3. The summed E-state index contributed by atoms with van der Waals surface area (Å²) in [5.41, 5.74) is 0.315. The first-order chi connectivity index (χ1) is 10.5. The summed E-state index contributed by atoms with van der Waals surface area (Å²) in [6.07, 6.45) is 2.11. The first-order valence-corrected chi connectivity index (χ1v) is 8.96. The molecular weight excluding hydrogens is 309 g/mol. The maximum atomic E-state index is 13.3. The van der Waals surface area contributed by atoms with E-state index in [4.69, 9.17) is 9.47 Å². The Morgan fingerprint density at radius 3 is 2.64 bits per heavy atom. The van der Waals surface area contributed by atoms with Crippen LogP contribution in [0.5, 0.6) is 0 Å². The standard InChI is InChI=1S/C15H20FNO4S/c1-10-8-12(3-4-13(10)16)22(18,19)17-11-2-5-14-15(9-11)21-7-6-20-14/h3-4,8,11,14-15,17H,2,5-7,9H2,1H3/t11-,14+,15+/m1/s1. The van der Waals surface area contributed by atoms with Gasteiger partial charge in [0.2, 0.25) is 10.0 Å². The largest absolute Gasteiger partial charge is 0.373 e. The highest BCUT2D eigenvalue weighted by atomic mass is 32.2. The SMILES string of the molecule is Cc1cc(S(=O)(=O)N[C@@H]2CC[C@@H]3OCCO[C@H]3C2)ccc1F. The molecule has 0 bridgehead atoms. The second-order valence-electron chi connectivity index (χ2n) is 5.86. The summed E-state index contributed by atoms with van der Waals surface area (Å²) in [4.78, 5) is 0.0920. The average molecular weight is 329 g/mol. The summed E-state index contributed by atoms with van der Waals surface area (Å²) in [7, 11) is -3.65. The summed E-state index contributed by atoms with van der Waals surface area (Å²) in [5.74, 6) is -0.410. The van der Waals surface area contributed by atoms with Crippen molar-refractivity contribution in [3.8, 4) is 0 Å². The lowest BCUT2D eigenvalue weighted by atomic mass is 9.90. The first-order valence-electron chi connectivity index (χ1n) is 7.47. The topological polar surface area (TPSA) is 64.6 Å². The van der Waals surface area contributed by atoms with Gasteiger partial charge in [0.05, 0.1) is 30.3 Å². The Morgan fingerprint density at radius 2 is 1.91 bits per heavy atom. The average Bonchev–Trinajstić information content (AvgIpc) is 2.49. The van der Waals surface area contributed by atoms with E-state index in [1.165, 1.54) is 18.2 Å². The van der Waals surface area contributed by atoms with Crippen LogP contribution in [0.1, 0.15) is 24.8 Å². The van der Waals surface area contributed by atoms with Crippen LogP contribution < -0.4 is 4.72 Å². The molecule has 22 heavy (non-hydrogen) atoms. The second-order valence-corrected chi connectivity index (χ2v) is 7.57. The van der Waals surface area contributed by atoms with E-state index in [2.05, 4.69) is 4.72 Å². The minimum Gasteiger partial charge on any atom is -0.373 e. The first kappa shape index (κ1) is 15.9. The van der Waals surface area contributed by atoms with Gasteiger partial charge in [0.1, 0.15) is 5.82 Å². The van der Waals surface area contributed by atoms with Crippen molar-refractivity contribution in [3.63, 3.8) is 0 Å². The molecule has 2 aliphatic rings. The lowest BCUT2D eigenvalue weighted by Crippen LogP contribution is -2.49. The van der Waals surface area contributed by atoms with Crippen molar-refractivity contribution in [1.29, 1.82) is 0 Å². The number of hydrogen-bond acceptors (Lipinski definition) is 4. The molecule has 0 unspecified atom stereocenters. The summed E-state index contributed by atoms with van der Waals surface area (Å²) >= 11 is 0. The van der Waals surface area contributed by atoms with Crippen molar-refractivity contribution in [2.75, 3.05) is 13.2 Å². The fourth-order valence-corrected chi connectivity index (χ4v) is 4.41. The van der Waals surface area contributed by atoms with Gasteiger partial charge in [-0.15, -0.1) is 0 Å². The Balaban J connectivity index is 1.70. The Kier molecular flexibility index (Phi) is 4.49. The normalized spacial score (nSPS) is 29.1. The molecule has 1 aromatic rings. The van der Waals surface area contributed by atoms with Gasteiger partial charge < -0.3 is 9.47 Å². The number of benzene rings is 1. The van der Waals surface area contributed by atoms with Crippen LogP contribution in [0.3, 0.4) is 0 Å². The highest BCUT2D eigenvalue weighted by Crippen LogP contribution is 2.28. The molecule has 0 aromatic heterocycles. The van der Waals surface area contributed by atoms with Gasteiger partial charge in [-0.2, -0.15) is 0 Å². The zero-order valence-electron chi connectivity index (χ0n) is 12.4. The van der Waals surface area contributed by atoms with Crippen LogP contribution in [0, 0.1) is 12.7 Å².